The zero-order valence-electron chi connectivity index (χ0n) is 10.4. The molecule has 0 saturated carbocycles. The Morgan fingerprint density at radius 2 is 1.78 bits per heavy atom. The Bertz CT molecular complexity index is 398. The van der Waals surface area contributed by atoms with Gasteiger partial charge in [0.1, 0.15) is 5.82 Å². The molecule has 0 bridgehead atoms. The minimum absolute atomic E-state index is 0.323. The Hall–Kier alpha value is -1.10. The number of benzene rings is 1. The molecule has 0 fully saturated rings. The predicted octanol–water partition coefficient (Wildman–Crippen LogP) is 4.28. The molecule has 1 aromatic rings. The van der Waals surface area contributed by atoms with Crippen LogP contribution in [0.4, 0.5) is 17.6 Å². The van der Waals surface area contributed by atoms with E-state index in [9.17, 15) is 17.6 Å². The van der Waals surface area contributed by atoms with Crippen LogP contribution >= 0.6 is 0 Å². The van der Waals surface area contributed by atoms with E-state index >= 15 is 0 Å². The van der Waals surface area contributed by atoms with E-state index in [2.05, 4.69) is 0 Å². The first-order valence-corrected chi connectivity index (χ1v) is 5.84. The van der Waals surface area contributed by atoms with Crippen LogP contribution in [-0.4, -0.2) is 0 Å². The Balaban J connectivity index is 2.91. The number of alkyl halides is 3. The molecule has 18 heavy (non-hydrogen) atoms. The van der Waals surface area contributed by atoms with Crippen LogP contribution in [-0.2, 0) is 6.18 Å². The van der Waals surface area contributed by atoms with Gasteiger partial charge in [0.05, 0.1) is 5.56 Å². The molecule has 0 aliphatic carbocycles. The van der Waals surface area contributed by atoms with Crippen LogP contribution in [0.1, 0.15) is 43.9 Å². The van der Waals surface area contributed by atoms with Crippen LogP contribution in [0.3, 0.4) is 0 Å². The molecule has 102 valence electrons. The van der Waals surface area contributed by atoms with E-state index in [1.54, 1.807) is 0 Å². The van der Waals surface area contributed by atoms with Gasteiger partial charge < -0.3 is 5.73 Å². The van der Waals surface area contributed by atoms with Crippen LogP contribution in [0.2, 0.25) is 0 Å². The topological polar surface area (TPSA) is 26.0 Å². The molecule has 1 unspecified atom stereocenters. The van der Waals surface area contributed by atoms with Crippen molar-refractivity contribution < 1.29 is 17.6 Å². The summed E-state index contributed by atoms with van der Waals surface area (Å²) < 4.78 is 50.7. The quantitative estimate of drug-likeness (QED) is 0.806. The fraction of sp³-hybridized carbons (Fsp3) is 0.538. The summed E-state index contributed by atoms with van der Waals surface area (Å²) in [7, 11) is 0. The Kier molecular flexibility index (Phi) is 4.73. The summed E-state index contributed by atoms with van der Waals surface area (Å²) >= 11 is 0. The van der Waals surface area contributed by atoms with E-state index in [1.165, 1.54) is 6.07 Å². The lowest BCUT2D eigenvalue weighted by molar-refractivity contribution is -0.140. The summed E-state index contributed by atoms with van der Waals surface area (Å²) in [6.45, 7) is 4.02. The summed E-state index contributed by atoms with van der Waals surface area (Å²) in [6.07, 6.45) is -3.28. The average molecular weight is 263 g/mol. The van der Waals surface area contributed by atoms with Crippen molar-refractivity contribution in [2.24, 2.45) is 11.7 Å². The van der Waals surface area contributed by atoms with E-state index in [-0.39, 0.29) is 0 Å². The molecule has 0 spiro atoms. The third-order valence-electron chi connectivity index (χ3n) is 2.78. The smallest absolute Gasteiger partial charge is 0.324 e. The third-order valence-corrected chi connectivity index (χ3v) is 2.78. The molecule has 1 nitrogen and oxygen atoms in total. The molecule has 0 amide bonds. The lowest BCUT2D eigenvalue weighted by atomic mass is 9.97. The van der Waals surface area contributed by atoms with Gasteiger partial charge in [-0.2, -0.15) is 13.2 Å². The van der Waals surface area contributed by atoms with Crippen LogP contribution in [0.5, 0.6) is 0 Å². The van der Waals surface area contributed by atoms with Crippen LogP contribution in [0.25, 0.3) is 0 Å². The number of halogens is 4. The molecule has 0 radical (unpaired) electrons. The molecule has 5 heteroatoms. The first-order chi connectivity index (χ1) is 8.21. The van der Waals surface area contributed by atoms with Crippen LogP contribution in [0, 0.1) is 11.7 Å². The van der Waals surface area contributed by atoms with Gasteiger partial charge in [-0.05, 0) is 36.5 Å². The van der Waals surface area contributed by atoms with Crippen molar-refractivity contribution >= 4 is 0 Å². The average Bonchev–Trinajstić information content (AvgIpc) is 2.24. The van der Waals surface area contributed by atoms with Crippen molar-refractivity contribution in [3.8, 4) is 0 Å². The van der Waals surface area contributed by atoms with E-state index in [1.807, 2.05) is 13.8 Å². The van der Waals surface area contributed by atoms with Crippen LogP contribution in [0.15, 0.2) is 18.2 Å². The largest absolute Gasteiger partial charge is 0.419 e. The van der Waals surface area contributed by atoms with Crippen molar-refractivity contribution in [2.45, 2.75) is 38.9 Å². The van der Waals surface area contributed by atoms with Gasteiger partial charge >= 0.3 is 6.18 Å². The highest BCUT2D eigenvalue weighted by molar-refractivity contribution is 5.29. The van der Waals surface area contributed by atoms with Gasteiger partial charge in [0.15, 0.2) is 0 Å². The summed E-state index contributed by atoms with van der Waals surface area (Å²) in [6, 6.07) is 2.46. The Morgan fingerprint density at radius 1 is 1.17 bits per heavy atom. The lowest BCUT2D eigenvalue weighted by Gasteiger charge is -2.16. The minimum Gasteiger partial charge on any atom is -0.324 e. The minimum atomic E-state index is -4.68. The molecule has 1 atom stereocenters. The van der Waals surface area contributed by atoms with E-state index in [0.717, 1.165) is 18.6 Å². The first kappa shape index (κ1) is 15.0. The molecular weight excluding hydrogens is 246 g/mol. The van der Waals surface area contributed by atoms with Crippen LogP contribution < -0.4 is 5.73 Å². The molecular formula is C13H17F4N. The van der Waals surface area contributed by atoms with Crippen molar-refractivity contribution in [3.63, 3.8) is 0 Å². The highest BCUT2D eigenvalue weighted by Gasteiger charge is 2.34. The predicted molar refractivity (Wildman–Crippen MR) is 62.4 cm³/mol. The van der Waals surface area contributed by atoms with Gasteiger partial charge in [-0.1, -0.05) is 19.9 Å². The van der Waals surface area contributed by atoms with Gasteiger partial charge in [0, 0.05) is 6.04 Å². The summed E-state index contributed by atoms with van der Waals surface area (Å²) in [5, 5.41) is 0. The van der Waals surface area contributed by atoms with E-state index in [0.29, 0.717) is 17.9 Å². The zero-order chi connectivity index (χ0) is 13.9. The molecule has 0 aromatic heterocycles. The SMILES string of the molecule is CC(C)CCC(N)c1ccc(F)c(C(F)(F)F)c1. The molecule has 2 N–H and O–H groups in total. The molecule has 0 saturated heterocycles. The summed E-state index contributed by atoms with van der Waals surface area (Å²) in [5.41, 5.74) is 4.89. The second-order valence-corrected chi connectivity index (χ2v) is 4.81. The van der Waals surface area contributed by atoms with Gasteiger partial charge in [-0.25, -0.2) is 4.39 Å². The summed E-state index contributed by atoms with van der Waals surface area (Å²) in [5.74, 6) is -0.833. The Labute approximate surface area is 104 Å². The van der Waals surface area contributed by atoms with Crippen molar-refractivity contribution in [1.29, 1.82) is 0 Å². The maximum Gasteiger partial charge on any atom is 0.419 e. The maximum absolute atomic E-state index is 13.1. The second kappa shape index (κ2) is 5.69. The molecule has 0 aliphatic rings. The van der Waals surface area contributed by atoms with Gasteiger partial charge in [-0.3, -0.25) is 0 Å². The van der Waals surface area contributed by atoms with Gasteiger partial charge in [0.2, 0.25) is 0 Å². The number of nitrogens with two attached hydrogens (primary N) is 1. The number of hydrogen-bond donors (Lipinski definition) is 1. The number of hydrogen-bond acceptors (Lipinski definition) is 1. The molecule has 0 heterocycles. The maximum atomic E-state index is 13.1. The van der Waals surface area contributed by atoms with Gasteiger partial charge in [0.25, 0.3) is 0 Å². The van der Waals surface area contributed by atoms with Crippen molar-refractivity contribution in [3.05, 3.63) is 35.1 Å². The standard InChI is InChI=1S/C13H17F4N/c1-8(2)3-6-12(18)9-4-5-11(14)10(7-9)13(15,16)17/h4-5,7-8,12H,3,6,18H2,1-2H3. The second-order valence-electron chi connectivity index (χ2n) is 4.81. The molecule has 0 aliphatic heterocycles. The van der Waals surface area contributed by atoms with E-state index in [4.69, 9.17) is 5.73 Å². The number of rotatable bonds is 4. The third kappa shape index (κ3) is 3.98. The van der Waals surface area contributed by atoms with Crippen molar-refractivity contribution in [1.82, 2.24) is 0 Å². The lowest BCUT2D eigenvalue weighted by Crippen LogP contribution is -2.14. The summed E-state index contributed by atoms with van der Waals surface area (Å²) in [4.78, 5) is 0. The highest BCUT2D eigenvalue weighted by atomic mass is 19.4. The van der Waals surface area contributed by atoms with Crippen molar-refractivity contribution in [2.75, 3.05) is 0 Å². The zero-order valence-corrected chi connectivity index (χ0v) is 10.4. The Morgan fingerprint density at radius 3 is 2.28 bits per heavy atom. The fourth-order valence-corrected chi connectivity index (χ4v) is 1.67. The van der Waals surface area contributed by atoms with Gasteiger partial charge in [-0.15, -0.1) is 0 Å². The van der Waals surface area contributed by atoms with E-state index < -0.39 is 23.6 Å². The molecule has 1 aromatic carbocycles. The monoisotopic (exact) mass is 263 g/mol. The normalized spacial score (nSPS) is 14.0. The highest BCUT2D eigenvalue weighted by Crippen LogP contribution is 2.33. The molecule has 1 rings (SSSR count). The fourth-order valence-electron chi connectivity index (χ4n) is 1.67. The first-order valence-electron chi connectivity index (χ1n) is 5.84.